The lowest BCUT2D eigenvalue weighted by atomic mass is 10.2. The van der Waals surface area contributed by atoms with E-state index in [-0.39, 0.29) is 0 Å². The van der Waals surface area contributed by atoms with E-state index in [9.17, 15) is 0 Å². The molecule has 0 aliphatic rings. The summed E-state index contributed by atoms with van der Waals surface area (Å²) in [6, 6.07) is 11.3. The molecule has 1 unspecified atom stereocenters. The van der Waals surface area contributed by atoms with Crippen LogP contribution in [-0.4, -0.2) is 19.8 Å². The van der Waals surface area contributed by atoms with Gasteiger partial charge < -0.3 is 10.1 Å². The molecule has 0 amide bonds. The molecule has 0 saturated heterocycles. The molecule has 2 nitrogen and oxygen atoms in total. The van der Waals surface area contributed by atoms with Gasteiger partial charge in [0.05, 0.1) is 0 Å². The molecule has 0 saturated carbocycles. The predicted molar refractivity (Wildman–Crippen MR) is 88.5 cm³/mol. The van der Waals surface area contributed by atoms with E-state index in [0.717, 1.165) is 26.2 Å². The molecule has 0 aliphatic heterocycles. The topological polar surface area (TPSA) is 21.3 Å². The van der Waals surface area contributed by atoms with E-state index in [4.69, 9.17) is 4.74 Å². The molecule has 0 aliphatic carbocycles. The second-order valence-electron chi connectivity index (χ2n) is 5.68. The van der Waals surface area contributed by atoms with Crippen LogP contribution < -0.4 is 5.32 Å². The van der Waals surface area contributed by atoms with Gasteiger partial charge in [0.1, 0.15) is 0 Å². The van der Waals surface area contributed by atoms with Gasteiger partial charge in [-0.3, -0.25) is 0 Å². The zero-order chi connectivity index (χ0) is 14.4. The summed E-state index contributed by atoms with van der Waals surface area (Å²) in [5, 5.41) is 4.93. The van der Waals surface area contributed by atoms with E-state index < -0.39 is 0 Å². The minimum Gasteiger partial charge on any atom is -0.381 e. The van der Waals surface area contributed by atoms with Crippen molar-refractivity contribution in [3.63, 3.8) is 0 Å². The molecule has 0 spiro atoms. The van der Waals surface area contributed by atoms with Crippen molar-refractivity contribution in [1.82, 2.24) is 5.32 Å². The highest BCUT2D eigenvalue weighted by atomic mass is 32.1. The minimum absolute atomic E-state index is 0.414. The van der Waals surface area contributed by atoms with Gasteiger partial charge in [0.25, 0.3) is 0 Å². The fourth-order valence-electron chi connectivity index (χ4n) is 2.13. The Kier molecular flexibility index (Phi) is 6.02. The van der Waals surface area contributed by atoms with Crippen molar-refractivity contribution in [3.8, 4) is 0 Å². The maximum absolute atomic E-state index is 5.59. The second-order valence-corrected chi connectivity index (χ2v) is 6.80. The van der Waals surface area contributed by atoms with Crippen molar-refractivity contribution < 1.29 is 4.74 Å². The van der Waals surface area contributed by atoms with E-state index in [1.54, 1.807) is 0 Å². The van der Waals surface area contributed by atoms with Crippen LogP contribution in [0.3, 0.4) is 0 Å². The zero-order valence-corrected chi connectivity index (χ0v) is 13.5. The van der Waals surface area contributed by atoms with Gasteiger partial charge in [0, 0.05) is 28.8 Å². The van der Waals surface area contributed by atoms with Crippen LogP contribution in [0.25, 0.3) is 10.1 Å². The van der Waals surface area contributed by atoms with Crippen LogP contribution in [0.2, 0.25) is 0 Å². The fourth-order valence-corrected chi connectivity index (χ4v) is 3.22. The quantitative estimate of drug-likeness (QED) is 0.717. The average molecular weight is 291 g/mol. The number of hydrogen-bond acceptors (Lipinski definition) is 3. The third-order valence-corrected chi connectivity index (χ3v) is 4.54. The standard InChI is InChI=1S/C17H25NOS/c1-13(2)12-19-10-6-9-18-14(3)17-11-15-7-4-5-8-16(15)20-17/h4-5,7-8,11,13-14,18H,6,9-10,12H2,1-3H3. The van der Waals surface area contributed by atoms with Crippen molar-refractivity contribution in [2.75, 3.05) is 19.8 Å². The molecule has 110 valence electrons. The highest BCUT2D eigenvalue weighted by molar-refractivity contribution is 7.19. The highest BCUT2D eigenvalue weighted by Gasteiger charge is 2.08. The Bertz CT molecular complexity index is 487. The van der Waals surface area contributed by atoms with E-state index in [1.165, 1.54) is 15.0 Å². The summed E-state index contributed by atoms with van der Waals surface area (Å²) >= 11 is 1.88. The van der Waals surface area contributed by atoms with Gasteiger partial charge in [-0.15, -0.1) is 11.3 Å². The smallest absolute Gasteiger partial charge is 0.0489 e. The predicted octanol–water partition coefficient (Wildman–Crippen LogP) is 4.61. The van der Waals surface area contributed by atoms with Crippen LogP contribution >= 0.6 is 11.3 Å². The van der Waals surface area contributed by atoms with Crippen molar-refractivity contribution in [1.29, 1.82) is 0 Å². The zero-order valence-electron chi connectivity index (χ0n) is 12.7. The van der Waals surface area contributed by atoms with E-state index in [2.05, 4.69) is 56.4 Å². The van der Waals surface area contributed by atoms with Crippen molar-refractivity contribution >= 4 is 21.4 Å². The first-order chi connectivity index (χ1) is 9.66. The molecule has 1 aromatic carbocycles. The molecule has 1 N–H and O–H groups in total. The Morgan fingerprint density at radius 3 is 2.75 bits per heavy atom. The van der Waals surface area contributed by atoms with Gasteiger partial charge in [-0.25, -0.2) is 0 Å². The van der Waals surface area contributed by atoms with Gasteiger partial charge in [0.15, 0.2) is 0 Å². The molecular weight excluding hydrogens is 266 g/mol. The SMILES string of the molecule is CC(C)COCCCNC(C)c1cc2ccccc2s1. The number of benzene rings is 1. The average Bonchev–Trinajstić information content (AvgIpc) is 2.86. The fraction of sp³-hybridized carbons (Fsp3) is 0.529. The molecule has 2 aromatic rings. The first kappa shape index (κ1) is 15.5. The number of hydrogen-bond donors (Lipinski definition) is 1. The Morgan fingerprint density at radius 2 is 2.00 bits per heavy atom. The Hall–Kier alpha value is -0.900. The van der Waals surface area contributed by atoms with Gasteiger partial charge in [0.2, 0.25) is 0 Å². The number of fused-ring (bicyclic) bond motifs is 1. The molecular formula is C17H25NOS. The molecule has 3 heteroatoms. The lowest BCUT2D eigenvalue weighted by molar-refractivity contribution is 0.107. The second kappa shape index (κ2) is 7.77. The summed E-state index contributed by atoms with van der Waals surface area (Å²) in [6.45, 7) is 9.33. The lowest BCUT2D eigenvalue weighted by Crippen LogP contribution is -2.20. The third-order valence-electron chi connectivity index (χ3n) is 3.24. The Balaban J connectivity index is 1.73. The molecule has 1 heterocycles. The minimum atomic E-state index is 0.414. The summed E-state index contributed by atoms with van der Waals surface area (Å²) < 4.78 is 6.96. The number of ether oxygens (including phenoxy) is 1. The highest BCUT2D eigenvalue weighted by Crippen LogP contribution is 2.29. The summed E-state index contributed by atoms with van der Waals surface area (Å²) in [7, 11) is 0. The van der Waals surface area contributed by atoms with Gasteiger partial charge >= 0.3 is 0 Å². The van der Waals surface area contributed by atoms with Crippen LogP contribution in [0.5, 0.6) is 0 Å². The molecule has 0 radical (unpaired) electrons. The van der Waals surface area contributed by atoms with Crippen LogP contribution in [0.4, 0.5) is 0 Å². The van der Waals surface area contributed by atoms with Crippen LogP contribution in [-0.2, 0) is 4.74 Å². The number of rotatable bonds is 8. The van der Waals surface area contributed by atoms with Crippen LogP contribution in [0.15, 0.2) is 30.3 Å². The normalized spacial score (nSPS) is 13.2. The summed E-state index contributed by atoms with van der Waals surface area (Å²) in [5.41, 5.74) is 0. The molecule has 20 heavy (non-hydrogen) atoms. The first-order valence-electron chi connectivity index (χ1n) is 7.46. The number of thiophene rings is 1. The largest absolute Gasteiger partial charge is 0.381 e. The van der Waals surface area contributed by atoms with Gasteiger partial charge in [-0.1, -0.05) is 32.0 Å². The summed E-state index contributed by atoms with van der Waals surface area (Å²) in [4.78, 5) is 1.41. The van der Waals surface area contributed by atoms with Crippen molar-refractivity contribution in [3.05, 3.63) is 35.2 Å². The molecule has 1 aromatic heterocycles. The summed E-state index contributed by atoms with van der Waals surface area (Å²) in [5.74, 6) is 0.625. The van der Waals surface area contributed by atoms with E-state index in [0.29, 0.717) is 12.0 Å². The summed E-state index contributed by atoms with van der Waals surface area (Å²) in [6.07, 6.45) is 1.07. The molecule has 0 fully saturated rings. The Morgan fingerprint density at radius 1 is 1.20 bits per heavy atom. The van der Waals surface area contributed by atoms with Gasteiger partial charge in [-0.2, -0.15) is 0 Å². The maximum atomic E-state index is 5.59. The first-order valence-corrected chi connectivity index (χ1v) is 8.28. The third kappa shape index (κ3) is 4.58. The van der Waals surface area contributed by atoms with Crippen LogP contribution in [0, 0.1) is 5.92 Å². The van der Waals surface area contributed by atoms with E-state index in [1.807, 2.05) is 11.3 Å². The monoisotopic (exact) mass is 291 g/mol. The van der Waals surface area contributed by atoms with Crippen molar-refractivity contribution in [2.24, 2.45) is 5.92 Å². The van der Waals surface area contributed by atoms with E-state index >= 15 is 0 Å². The molecule has 1 atom stereocenters. The molecule has 2 rings (SSSR count). The van der Waals surface area contributed by atoms with Crippen LogP contribution in [0.1, 0.15) is 38.1 Å². The molecule has 0 bridgehead atoms. The number of nitrogens with one attached hydrogen (secondary N) is 1. The van der Waals surface area contributed by atoms with Gasteiger partial charge in [-0.05, 0) is 43.3 Å². The lowest BCUT2D eigenvalue weighted by Gasteiger charge is -2.12. The van der Waals surface area contributed by atoms with Crippen molar-refractivity contribution in [2.45, 2.75) is 33.2 Å². The maximum Gasteiger partial charge on any atom is 0.0489 e. The Labute approximate surface area is 126 Å².